The Morgan fingerprint density at radius 1 is 1.37 bits per heavy atom. The van der Waals surface area contributed by atoms with E-state index in [0.717, 1.165) is 11.1 Å². The van der Waals surface area contributed by atoms with Gasteiger partial charge in [-0.3, -0.25) is 0 Å². The van der Waals surface area contributed by atoms with E-state index >= 15 is 0 Å². The Kier molecular flexibility index (Phi) is 4.55. The minimum atomic E-state index is 0.214. The van der Waals surface area contributed by atoms with Gasteiger partial charge >= 0.3 is 0 Å². The third-order valence-corrected chi connectivity index (χ3v) is 3.77. The van der Waals surface area contributed by atoms with E-state index in [1.54, 1.807) is 12.1 Å². The highest BCUT2D eigenvalue weighted by Crippen LogP contribution is 2.30. The van der Waals surface area contributed by atoms with Crippen LogP contribution in [0.1, 0.15) is 11.1 Å². The maximum atomic E-state index is 9.90. The Bertz CT molecular complexity index is 597. The molecule has 0 aliphatic rings. The number of hydrogen-bond acceptors (Lipinski definition) is 3. The summed E-state index contributed by atoms with van der Waals surface area (Å²) in [6.07, 6.45) is 0. The Morgan fingerprint density at radius 2 is 2.11 bits per heavy atom. The second-order valence-corrected chi connectivity index (χ2v) is 5.63. The zero-order valence-corrected chi connectivity index (χ0v) is 13.1. The van der Waals surface area contributed by atoms with Gasteiger partial charge in [0, 0.05) is 12.1 Å². The van der Waals surface area contributed by atoms with Gasteiger partial charge < -0.3 is 10.4 Å². The van der Waals surface area contributed by atoms with Crippen LogP contribution in [0.15, 0.2) is 28.7 Å². The van der Waals surface area contributed by atoms with Gasteiger partial charge in [-0.05, 0) is 40.5 Å². The number of phenols is 1. The van der Waals surface area contributed by atoms with Gasteiger partial charge in [-0.15, -0.1) is 0 Å². The van der Waals surface area contributed by atoms with Crippen molar-refractivity contribution in [2.24, 2.45) is 0 Å². The second-order valence-electron chi connectivity index (χ2n) is 4.03. The summed E-state index contributed by atoms with van der Waals surface area (Å²) in [5.41, 5.74) is 2.38. The van der Waals surface area contributed by atoms with Crippen molar-refractivity contribution in [2.75, 3.05) is 5.32 Å². The summed E-state index contributed by atoms with van der Waals surface area (Å²) in [5, 5.41) is 13.7. The van der Waals surface area contributed by atoms with Crippen molar-refractivity contribution in [1.82, 2.24) is 4.98 Å². The van der Waals surface area contributed by atoms with Crippen LogP contribution in [0.2, 0.25) is 10.3 Å². The summed E-state index contributed by atoms with van der Waals surface area (Å²) < 4.78 is 0.656. The molecule has 0 amide bonds. The highest BCUT2D eigenvalue weighted by molar-refractivity contribution is 9.10. The molecule has 0 aliphatic heterocycles. The van der Waals surface area contributed by atoms with Crippen molar-refractivity contribution in [3.05, 3.63) is 50.2 Å². The van der Waals surface area contributed by atoms with Crippen molar-refractivity contribution in [3.63, 3.8) is 0 Å². The predicted octanol–water partition coefficient (Wildman–Crippen LogP) is 4.78. The highest BCUT2D eigenvalue weighted by Gasteiger charge is 2.09. The van der Waals surface area contributed by atoms with Crippen molar-refractivity contribution < 1.29 is 5.11 Å². The van der Waals surface area contributed by atoms with E-state index in [0.29, 0.717) is 27.0 Å². The molecule has 1 aromatic carbocycles. The topological polar surface area (TPSA) is 45.2 Å². The fraction of sp³-hybridized carbons (Fsp3) is 0.154. The molecule has 0 spiro atoms. The maximum Gasteiger partial charge on any atom is 0.154 e. The first-order chi connectivity index (χ1) is 8.99. The molecule has 2 rings (SSSR count). The van der Waals surface area contributed by atoms with E-state index in [9.17, 15) is 5.11 Å². The number of rotatable bonds is 3. The van der Waals surface area contributed by atoms with Crippen LogP contribution in [0.25, 0.3) is 0 Å². The van der Waals surface area contributed by atoms with E-state index in [-0.39, 0.29) is 5.75 Å². The third kappa shape index (κ3) is 3.32. The Balaban J connectivity index is 2.22. The number of benzene rings is 1. The van der Waals surface area contributed by atoms with Gasteiger partial charge in [0.25, 0.3) is 0 Å². The summed E-state index contributed by atoms with van der Waals surface area (Å²) in [4.78, 5) is 3.98. The molecule has 0 fully saturated rings. The van der Waals surface area contributed by atoms with Crippen LogP contribution in [-0.4, -0.2) is 10.1 Å². The van der Waals surface area contributed by atoms with E-state index in [4.69, 9.17) is 23.2 Å². The average molecular weight is 362 g/mol. The number of para-hydroxylation sites is 1. The van der Waals surface area contributed by atoms with Crippen molar-refractivity contribution in [2.45, 2.75) is 13.5 Å². The summed E-state index contributed by atoms with van der Waals surface area (Å²) in [6, 6.07) is 7.20. The standard InChI is InChI=1S/C13H11BrCl2N2O/c1-7-5-10(15)18-13(16)11(7)17-6-8-3-2-4-9(14)12(8)19/h2-5,17,19H,6H2,1H3. The molecule has 1 aromatic heterocycles. The van der Waals surface area contributed by atoms with Gasteiger partial charge in [0.1, 0.15) is 10.9 Å². The van der Waals surface area contributed by atoms with E-state index in [1.807, 2.05) is 19.1 Å². The quantitative estimate of drug-likeness (QED) is 0.773. The summed E-state index contributed by atoms with van der Waals surface area (Å²) in [6.45, 7) is 2.33. The number of nitrogens with zero attached hydrogens (tertiary/aromatic N) is 1. The van der Waals surface area contributed by atoms with Crippen LogP contribution < -0.4 is 5.32 Å². The maximum absolute atomic E-state index is 9.90. The van der Waals surface area contributed by atoms with E-state index in [1.165, 1.54) is 0 Å². The lowest BCUT2D eigenvalue weighted by molar-refractivity contribution is 0.465. The number of aryl methyl sites for hydroxylation is 1. The van der Waals surface area contributed by atoms with E-state index in [2.05, 4.69) is 26.2 Å². The molecule has 100 valence electrons. The zero-order chi connectivity index (χ0) is 14.0. The zero-order valence-electron chi connectivity index (χ0n) is 10.0. The molecule has 0 saturated carbocycles. The molecule has 3 nitrogen and oxygen atoms in total. The van der Waals surface area contributed by atoms with Crippen LogP contribution in [0.5, 0.6) is 5.75 Å². The molecule has 0 radical (unpaired) electrons. The molecule has 0 saturated heterocycles. The first kappa shape index (κ1) is 14.4. The van der Waals surface area contributed by atoms with Gasteiger partial charge in [-0.1, -0.05) is 35.3 Å². The van der Waals surface area contributed by atoms with Gasteiger partial charge in [0.05, 0.1) is 10.2 Å². The number of anilines is 1. The Morgan fingerprint density at radius 3 is 2.79 bits per heavy atom. The molecule has 19 heavy (non-hydrogen) atoms. The molecular formula is C13H11BrCl2N2O. The summed E-state index contributed by atoms with van der Waals surface area (Å²) in [5.74, 6) is 0.214. The summed E-state index contributed by atoms with van der Waals surface area (Å²) in [7, 11) is 0. The second kappa shape index (κ2) is 5.99. The number of hydrogen-bond donors (Lipinski definition) is 2. The summed E-state index contributed by atoms with van der Waals surface area (Å²) >= 11 is 15.1. The van der Waals surface area contributed by atoms with Gasteiger partial charge in [0.15, 0.2) is 5.15 Å². The third-order valence-electron chi connectivity index (χ3n) is 2.67. The average Bonchev–Trinajstić information content (AvgIpc) is 2.33. The smallest absolute Gasteiger partial charge is 0.154 e. The molecule has 2 N–H and O–H groups in total. The van der Waals surface area contributed by atoms with Gasteiger partial charge in [-0.25, -0.2) is 4.98 Å². The number of aromatic nitrogens is 1. The first-order valence-electron chi connectivity index (χ1n) is 5.52. The largest absolute Gasteiger partial charge is 0.506 e. The fourth-order valence-corrected chi connectivity index (χ4v) is 2.70. The van der Waals surface area contributed by atoms with Gasteiger partial charge in [0.2, 0.25) is 0 Å². The van der Waals surface area contributed by atoms with E-state index < -0.39 is 0 Å². The lowest BCUT2D eigenvalue weighted by atomic mass is 10.2. The van der Waals surface area contributed by atoms with Crippen LogP contribution in [0.3, 0.4) is 0 Å². The monoisotopic (exact) mass is 360 g/mol. The molecule has 6 heteroatoms. The SMILES string of the molecule is Cc1cc(Cl)nc(Cl)c1NCc1cccc(Br)c1O. The van der Waals surface area contributed by atoms with Crippen molar-refractivity contribution in [3.8, 4) is 5.75 Å². The number of nitrogens with one attached hydrogen (secondary N) is 1. The molecular weight excluding hydrogens is 351 g/mol. The molecule has 0 aliphatic carbocycles. The molecule has 0 unspecified atom stereocenters. The number of halogens is 3. The number of aromatic hydroxyl groups is 1. The van der Waals surface area contributed by atoms with Crippen LogP contribution in [-0.2, 0) is 6.54 Å². The van der Waals surface area contributed by atoms with Crippen LogP contribution in [0.4, 0.5) is 5.69 Å². The van der Waals surface area contributed by atoms with Crippen LogP contribution >= 0.6 is 39.1 Å². The van der Waals surface area contributed by atoms with Gasteiger partial charge in [-0.2, -0.15) is 0 Å². The molecule has 0 atom stereocenters. The lowest BCUT2D eigenvalue weighted by Gasteiger charge is -2.12. The van der Waals surface area contributed by atoms with Crippen LogP contribution in [0, 0.1) is 6.92 Å². The Labute approximate surface area is 129 Å². The highest BCUT2D eigenvalue weighted by atomic mass is 79.9. The number of pyridine rings is 1. The predicted molar refractivity (Wildman–Crippen MR) is 82.1 cm³/mol. The molecule has 2 aromatic rings. The lowest BCUT2D eigenvalue weighted by Crippen LogP contribution is -2.03. The normalized spacial score (nSPS) is 10.5. The first-order valence-corrected chi connectivity index (χ1v) is 7.07. The fourth-order valence-electron chi connectivity index (χ4n) is 1.69. The molecule has 0 bridgehead atoms. The minimum absolute atomic E-state index is 0.214. The Hall–Kier alpha value is -0.970. The molecule has 1 heterocycles. The minimum Gasteiger partial charge on any atom is -0.506 e. The number of phenolic OH excluding ortho intramolecular Hbond substituents is 1. The van der Waals surface area contributed by atoms with Crippen molar-refractivity contribution in [1.29, 1.82) is 0 Å². The van der Waals surface area contributed by atoms with Crippen molar-refractivity contribution >= 4 is 44.8 Å².